The van der Waals surface area contributed by atoms with Crippen LogP contribution in [0.5, 0.6) is 0 Å². The second-order valence-electron chi connectivity index (χ2n) is 5.79. The highest BCUT2D eigenvalue weighted by Gasteiger charge is 2.23. The molecule has 146 valence electrons. The Balaban J connectivity index is 1.70. The van der Waals surface area contributed by atoms with Gasteiger partial charge in [0.2, 0.25) is 15.9 Å². The first-order valence-electron chi connectivity index (χ1n) is 7.94. The smallest absolute Gasteiger partial charge is 0.325 e. The fourth-order valence-corrected chi connectivity index (χ4v) is 3.63. The van der Waals surface area contributed by atoms with Crippen LogP contribution in [0.4, 0.5) is 5.69 Å². The zero-order valence-corrected chi connectivity index (χ0v) is 16.1. The van der Waals surface area contributed by atoms with Gasteiger partial charge in [-0.3, -0.25) is 14.3 Å². The second-order valence-corrected chi connectivity index (χ2v) is 8.27. The maximum Gasteiger partial charge on any atom is 0.439 e. The van der Waals surface area contributed by atoms with Crippen LogP contribution < -0.4 is 11.1 Å². The van der Waals surface area contributed by atoms with E-state index in [1.807, 2.05) is 0 Å². The van der Waals surface area contributed by atoms with E-state index in [9.17, 15) is 18.0 Å². The normalized spacial score (nSPS) is 11.5. The van der Waals surface area contributed by atoms with Crippen LogP contribution in [0.3, 0.4) is 0 Å². The molecule has 2 N–H and O–H groups in total. The summed E-state index contributed by atoms with van der Waals surface area (Å²) >= 11 is 5.77. The van der Waals surface area contributed by atoms with E-state index < -0.39 is 28.2 Å². The minimum Gasteiger partial charge on any atom is -0.325 e. The van der Waals surface area contributed by atoms with Gasteiger partial charge in [-0.05, 0) is 36.4 Å². The molecule has 0 fully saturated rings. The van der Waals surface area contributed by atoms with Gasteiger partial charge in [0.05, 0.1) is 11.4 Å². The Bertz CT molecular complexity index is 1150. The van der Waals surface area contributed by atoms with Crippen molar-refractivity contribution in [3.8, 4) is 11.4 Å². The third-order valence-electron chi connectivity index (χ3n) is 3.75. The lowest BCUT2D eigenvalue weighted by Crippen LogP contribution is -2.34. The Morgan fingerprint density at radius 1 is 1.25 bits per heavy atom. The fourth-order valence-electron chi connectivity index (χ4n) is 2.37. The van der Waals surface area contributed by atoms with Crippen molar-refractivity contribution in [1.29, 1.82) is 0 Å². The number of sulfonamides is 1. The summed E-state index contributed by atoms with van der Waals surface area (Å²) < 4.78 is 30.4. The first-order chi connectivity index (χ1) is 13.3. The summed E-state index contributed by atoms with van der Waals surface area (Å²) in [6.45, 7) is -0.393. The molecule has 0 unspecified atom stereocenters. The number of H-pyrrole nitrogens is 1. The fraction of sp³-hybridized carbons (Fsp3) is 0.118. The van der Waals surface area contributed by atoms with Gasteiger partial charge < -0.3 is 5.32 Å². The lowest BCUT2D eigenvalue weighted by atomic mass is 10.2. The molecule has 0 saturated carbocycles. The number of benzene rings is 2. The molecular formula is C17H15ClN4O5S. The van der Waals surface area contributed by atoms with Crippen LogP contribution in [0.15, 0.2) is 62.7 Å². The second kappa shape index (κ2) is 7.97. The van der Waals surface area contributed by atoms with Crippen LogP contribution in [0, 0.1) is 0 Å². The van der Waals surface area contributed by atoms with Crippen molar-refractivity contribution < 1.29 is 17.7 Å². The number of nitrogens with zero attached hydrogens (tertiary/aromatic N) is 2. The van der Waals surface area contributed by atoms with Gasteiger partial charge in [0.1, 0.15) is 0 Å². The summed E-state index contributed by atoms with van der Waals surface area (Å²) in [5.41, 5.74) is 0.925. The van der Waals surface area contributed by atoms with Gasteiger partial charge in [0.25, 0.3) is 0 Å². The first-order valence-corrected chi connectivity index (χ1v) is 9.76. The minimum absolute atomic E-state index is 0.0317. The van der Waals surface area contributed by atoms with Gasteiger partial charge in [0, 0.05) is 23.3 Å². The zero-order valence-electron chi connectivity index (χ0n) is 14.5. The van der Waals surface area contributed by atoms with E-state index in [-0.39, 0.29) is 10.7 Å². The molecule has 0 saturated heterocycles. The van der Waals surface area contributed by atoms with Gasteiger partial charge >= 0.3 is 5.76 Å². The van der Waals surface area contributed by atoms with Crippen LogP contribution in [0.1, 0.15) is 0 Å². The number of carbonyl (C=O) groups is 1. The summed E-state index contributed by atoms with van der Waals surface area (Å²) in [5.74, 6) is -1.02. The number of aromatic amines is 1. The minimum atomic E-state index is -3.84. The summed E-state index contributed by atoms with van der Waals surface area (Å²) in [6, 6.07) is 12.2. The standard InChI is InChI=1S/C17H15ClN4O5S/c1-22(28(25,26)14-7-5-12(18)6-8-14)10-15(23)19-13-4-2-3-11(9-13)16-20-17(24)27-21-16/h2-9H,10H2,1H3,(H,19,23)(H,20,21,24). The van der Waals surface area contributed by atoms with Crippen molar-refractivity contribution >= 4 is 33.2 Å². The number of hydrogen-bond acceptors (Lipinski definition) is 6. The molecular weight excluding hydrogens is 408 g/mol. The van der Waals surface area contributed by atoms with Crippen molar-refractivity contribution in [2.45, 2.75) is 4.90 Å². The van der Waals surface area contributed by atoms with E-state index in [0.717, 1.165) is 4.31 Å². The molecule has 3 rings (SSSR count). The number of aromatic nitrogens is 2. The Morgan fingerprint density at radius 3 is 2.61 bits per heavy atom. The molecule has 28 heavy (non-hydrogen) atoms. The van der Waals surface area contributed by atoms with Crippen LogP contribution in [-0.2, 0) is 14.8 Å². The van der Waals surface area contributed by atoms with E-state index in [1.54, 1.807) is 24.3 Å². The number of carbonyl (C=O) groups excluding carboxylic acids is 1. The number of hydrogen-bond donors (Lipinski definition) is 2. The van der Waals surface area contributed by atoms with E-state index in [0.29, 0.717) is 16.3 Å². The van der Waals surface area contributed by atoms with Crippen molar-refractivity contribution in [3.63, 3.8) is 0 Å². The number of likely N-dealkylation sites (N-methyl/N-ethyl adjacent to an activating group) is 1. The third kappa shape index (κ3) is 4.47. The maximum atomic E-state index is 12.5. The van der Waals surface area contributed by atoms with Crippen LogP contribution in [0.2, 0.25) is 5.02 Å². The van der Waals surface area contributed by atoms with E-state index in [2.05, 4.69) is 20.0 Å². The van der Waals surface area contributed by atoms with Gasteiger partial charge in [-0.25, -0.2) is 13.2 Å². The van der Waals surface area contributed by atoms with E-state index in [1.165, 1.54) is 31.3 Å². The van der Waals surface area contributed by atoms with Crippen LogP contribution in [0.25, 0.3) is 11.4 Å². The molecule has 0 aliphatic rings. The van der Waals surface area contributed by atoms with Crippen molar-refractivity contribution in [3.05, 3.63) is 64.1 Å². The molecule has 1 heterocycles. The zero-order chi connectivity index (χ0) is 20.3. The van der Waals surface area contributed by atoms with E-state index >= 15 is 0 Å². The van der Waals surface area contributed by atoms with Crippen LogP contribution in [-0.4, -0.2) is 42.4 Å². The quantitative estimate of drug-likeness (QED) is 0.625. The lowest BCUT2D eigenvalue weighted by Gasteiger charge is -2.17. The highest BCUT2D eigenvalue weighted by atomic mass is 35.5. The number of anilines is 1. The molecule has 2 aromatic carbocycles. The molecule has 1 aromatic heterocycles. The molecule has 1 amide bonds. The van der Waals surface area contributed by atoms with Gasteiger partial charge in [-0.15, -0.1) is 0 Å². The molecule has 0 aliphatic heterocycles. The van der Waals surface area contributed by atoms with Gasteiger partial charge in [0.15, 0.2) is 5.82 Å². The molecule has 0 spiro atoms. The Morgan fingerprint density at radius 2 is 1.96 bits per heavy atom. The molecule has 9 nitrogen and oxygen atoms in total. The topological polar surface area (TPSA) is 125 Å². The molecule has 3 aromatic rings. The van der Waals surface area contributed by atoms with Gasteiger partial charge in [-0.2, -0.15) is 4.31 Å². The predicted octanol–water partition coefficient (Wildman–Crippen LogP) is 1.94. The van der Waals surface area contributed by atoms with Gasteiger partial charge in [-0.1, -0.05) is 28.9 Å². The summed E-state index contributed by atoms with van der Waals surface area (Å²) in [6.07, 6.45) is 0. The van der Waals surface area contributed by atoms with Crippen LogP contribution >= 0.6 is 11.6 Å². The van der Waals surface area contributed by atoms with Crippen molar-refractivity contribution in [2.75, 3.05) is 18.9 Å². The molecule has 0 bridgehead atoms. The first kappa shape index (κ1) is 19.8. The average Bonchev–Trinajstić information content (AvgIpc) is 3.08. The number of nitrogens with one attached hydrogen (secondary N) is 2. The average molecular weight is 423 g/mol. The largest absolute Gasteiger partial charge is 0.439 e. The summed E-state index contributed by atoms with van der Waals surface area (Å²) in [7, 11) is -2.53. The van der Waals surface area contributed by atoms with Crippen molar-refractivity contribution in [2.24, 2.45) is 0 Å². The molecule has 11 heteroatoms. The number of amides is 1. The Hall–Kier alpha value is -2.95. The number of halogens is 1. The summed E-state index contributed by atoms with van der Waals surface area (Å²) in [5, 5.41) is 6.59. The molecule has 0 atom stereocenters. The van der Waals surface area contributed by atoms with Crippen molar-refractivity contribution in [1.82, 2.24) is 14.4 Å². The third-order valence-corrected chi connectivity index (χ3v) is 5.82. The van der Waals surface area contributed by atoms with E-state index in [4.69, 9.17) is 11.6 Å². The SMILES string of the molecule is CN(CC(=O)Nc1cccc(-c2noc(=O)[nH]2)c1)S(=O)(=O)c1ccc(Cl)cc1. The highest BCUT2D eigenvalue weighted by Crippen LogP contribution is 2.20. The number of rotatable bonds is 6. The highest BCUT2D eigenvalue weighted by molar-refractivity contribution is 7.89. The summed E-state index contributed by atoms with van der Waals surface area (Å²) in [4.78, 5) is 25.8. The monoisotopic (exact) mass is 422 g/mol. The molecule has 0 aliphatic carbocycles. The maximum absolute atomic E-state index is 12.5. The Labute approximate surface area is 165 Å². The lowest BCUT2D eigenvalue weighted by molar-refractivity contribution is -0.116. The predicted molar refractivity (Wildman–Crippen MR) is 102 cm³/mol. The molecule has 0 radical (unpaired) electrons. The Kier molecular flexibility index (Phi) is 5.63.